The predicted molar refractivity (Wildman–Crippen MR) is 225 cm³/mol. The van der Waals surface area contributed by atoms with Gasteiger partial charge in [-0.1, -0.05) is 46.3 Å². The summed E-state index contributed by atoms with van der Waals surface area (Å²) in [7, 11) is 0. The molecule has 67 heavy (non-hydrogen) atoms. The Balaban J connectivity index is 1.02. The summed E-state index contributed by atoms with van der Waals surface area (Å²) >= 11 is 0. The molecule has 8 fully saturated rings. The number of ether oxygens (including phenoxy) is 7. The van der Waals surface area contributed by atoms with E-state index in [0.717, 1.165) is 5.57 Å². The van der Waals surface area contributed by atoms with E-state index in [1.54, 1.807) is 0 Å². The number of carbonyl (C=O) groups is 2. The molecule has 0 unspecified atom stereocenters. The van der Waals surface area contributed by atoms with Crippen LogP contribution in [0.5, 0.6) is 0 Å². The summed E-state index contributed by atoms with van der Waals surface area (Å²) in [5.74, 6) is -2.57. The van der Waals surface area contributed by atoms with Crippen LogP contribution in [0.15, 0.2) is 11.6 Å². The van der Waals surface area contributed by atoms with E-state index < -0.39 is 175 Å². The summed E-state index contributed by atoms with van der Waals surface area (Å²) in [6.07, 6.45) is -19.5. The molecule has 11 N–H and O–H groups in total. The molecule has 9 aliphatic rings. The van der Waals surface area contributed by atoms with E-state index in [1.165, 1.54) is 6.92 Å². The first-order valence-corrected chi connectivity index (χ1v) is 24.1. The average Bonchev–Trinajstić information content (AvgIpc) is 3.47. The van der Waals surface area contributed by atoms with Gasteiger partial charge >= 0.3 is 11.9 Å². The Kier molecular flexibility index (Phi) is 12.8. The van der Waals surface area contributed by atoms with Crippen LogP contribution in [-0.4, -0.2) is 192 Å². The van der Waals surface area contributed by atoms with Crippen LogP contribution in [-0.2, 0) is 42.7 Å². The Morgan fingerprint density at radius 2 is 1.43 bits per heavy atom. The second-order valence-corrected chi connectivity index (χ2v) is 23.0. The third kappa shape index (κ3) is 7.12. The van der Waals surface area contributed by atoms with E-state index in [-0.39, 0.29) is 24.2 Å². The van der Waals surface area contributed by atoms with Crippen LogP contribution in [0.4, 0.5) is 0 Å². The molecular formula is C47H72O20. The SMILES string of the molecule is C[C@H]1O[C@H](O[C@H]2[C@H](OC(=O)[C@]34CCC(C)(C)C[C@@H]3C3=CC[C@@H]5[C@@]6(C)C[C@@H]7OC(=O)[C@@](CO)([C@H]7O[C@@H]7O[C@H](CO)[C@@H](O)[C@H](O)[C@H]7O)[C@H]6CC[C@@]5(C)[C@]3(C)C[C@H]4O)OC[C@H](O)[C@@H]2O)[C@@H](O)[C@@H](O)[C@@H]1O. The molecule has 9 rings (SSSR count). The molecule has 5 aliphatic carbocycles. The lowest BCUT2D eigenvalue weighted by Gasteiger charge is -2.71. The molecule has 20 nitrogen and oxygen atoms in total. The van der Waals surface area contributed by atoms with Crippen molar-refractivity contribution in [2.45, 2.75) is 197 Å². The van der Waals surface area contributed by atoms with Gasteiger partial charge in [0.25, 0.3) is 0 Å². The van der Waals surface area contributed by atoms with Crippen molar-refractivity contribution >= 4 is 11.9 Å². The fourth-order valence-electron chi connectivity index (χ4n) is 15.2. The minimum Gasteiger partial charge on any atom is -0.459 e. The number of aliphatic hydroxyl groups excluding tert-OH is 11. The molecule has 0 spiro atoms. The first-order valence-electron chi connectivity index (χ1n) is 24.1. The summed E-state index contributed by atoms with van der Waals surface area (Å²) in [6.45, 7) is 10.4. The molecule has 4 aliphatic heterocycles. The van der Waals surface area contributed by atoms with Crippen LogP contribution >= 0.6 is 0 Å². The van der Waals surface area contributed by atoms with E-state index >= 15 is 4.79 Å². The zero-order valence-corrected chi connectivity index (χ0v) is 39.0. The molecule has 4 saturated heterocycles. The van der Waals surface area contributed by atoms with Crippen LogP contribution in [0.3, 0.4) is 0 Å². The Labute approximate surface area is 389 Å². The van der Waals surface area contributed by atoms with Gasteiger partial charge in [-0.15, -0.1) is 0 Å². The molecule has 0 amide bonds. The van der Waals surface area contributed by atoms with Crippen molar-refractivity contribution in [2.75, 3.05) is 19.8 Å². The van der Waals surface area contributed by atoms with E-state index in [2.05, 4.69) is 40.7 Å². The van der Waals surface area contributed by atoms with Gasteiger partial charge in [0.1, 0.15) is 78.0 Å². The van der Waals surface area contributed by atoms with Crippen molar-refractivity contribution in [3.63, 3.8) is 0 Å². The highest BCUT2D eigenvalue weighted by Gasteiger charge is 2.77. The van der Waals surface area contributed by atoms with E-state index in [9.17, 15) is 61.0 Å². The average molecular weight is 957 g/mol. The first-order chi connectivity index (χ1) is 31.4. The molecule has 25 atom stereocenters. The Hall–Kier alpha value is -1.96. The van der Waals surface area contributed by atoms with Crippen molar-refractivity contribution in [1.29, 1.82) is 0 Å². The van der Waals surface area contributed by atoms with E-state index in [0.29, 0.717) is 38.5 Å². The fourth-order valence-corrected chi connectivity index (χ4v) is 15.2. The molecule has 4 saturated carbocycles. The Morgan fingerprint density at radius 3 is 2.10 bits per heavy atom. The summed E-state index contributed by atoms with van der Waals surface area (Å²) < 4.78 is 41.6. The lowest BCUT2D eigenvalue weighted by Crippen LogP contribution is -2.70. The minimum absolute atomic E-state index is 0.131. The highest BCUT2D eigenvalue weighted by molar-refractivity contribution is 5.82. The minimum atomic E-state index is -1.77. The van der Waals surface area contributed by atoms with Crippen LogP contribution in [0, 0.1) is 50.2 Å². The van der Waals surface area contributed by atoms with Crippen molar-refractivity contribution in [1.82, 2.24) is 0 Å². The number of fused-ring (bicyclic) bond motifs is 10. The van der Waals surface area contributed by atoms with Gasteiger partial charge in [-0.3, -0.25) is 9.59 Å². The largest absolute Gasteiger partial charge is 0.459 e. The smallest absolute Gasteiger partial charge is 0.317 e. The van der Waals surface area contributed by atoms with Crippen LogP contribution in [0.2, 0.25) is 0 Å². The monoisotopic (exact) mass is 956 g/mol. The standard InChI is InChI=1S/C47H72O20/c1-19-28(52)31(55)33(57)37(62-19)65-35-29(53)22(50)17-61-39(35)67-40(59)46-12-11-42(2,3)13-21(46)20-7-8-25-43(4)14-23-36(66-38-34(58)32(56)30(54)24(16-48)63-38)47(18-49,41(60)64-23)26(43)9-10-44(25,5)45(20,6)15-27(46)51/h7,19,21-39,48-58H,8-18H2,1-6H3/t19-,21-,22+,23+,24-,25-,26+,27-,28-,29+,30-,31+,32+,33+,34-,35-,36+,37-,38+,39+,43-,44-,45-,46-,47-/m1/s1. The molecule has 0 aromatic heterocycles. The number of hydrogen-bond acceptors (Lipinski definition) is 20. The molecule has 0 aromatic carbocycles. The predicted octanol–water partition coefficient (Wildman–Crippen LogP) is -1.73. The molecule has 2 bridgehead atoms. The summed E-state index contributed by atoms with van der Waals surface area (Å²) in [4.78, 5) is 29.3. The second kappa shape index (κ2) is 17.1. The summed E-state index contributed by atoms with van der Waals surface area (Å²) in [6, 6.07) is 0. The molecule has 20 heteroatoms. The van der Waals surface area contributed by atoms with E-state index in [4.69, 9.17) is 33.2 Å². The molecule has 380 valence electrons. The highest BCUT2D eigenvalue weighted by atomic mass is 16.8. The van der Waals surface area contributed by atoms with Gasteiger partial charge in [0.2, 0.25) is 6.29 Å². The highest BCUT2D eigenvalue weighted by Crippen LogP contribution is 2.77. The molecular weight excluding hydrogens is 884 g/mol. The van der Waals surface area contributed by atoms with Crippen LogP contribution in [0.1, 0.15) is 92.9 Å². The first kappa shape index (κ1) is 50.0. The van der Waals surface area contributed by atoms with E-state index in [1.807, 2.05) is 0 Å². The third-order valence-corrected chi connectivity index (χ3v) is 19.2. The van der Waals surface area contributed by atoms with Gasteiger partial charge < -0.3 is 89.3 Å². The molecule has 0 radical (unpaired) electrons. The Bertz CT molecular complexity index is 1930. The molecule has 0 aromatic rings. The van der Waals surface area contributed by atoms with Gasteiger partial charge in [-0.25, -0.2) is 0 Å². The zero-order valence-electron chi connectivity index (χ0n) is 39.0. The topological polar surface area (TPSA) is 321 Å². The van der Waals surface area contributed by atoms with Gasteiger partial charge in [0, 0.05) is 0 Å². The van der Waals surface area contributed by atoms with Crippen LogP contribution < -0.4 is 0 Å². The quantitative estimate of drug-likeness (QED) is 0.0731. The number of hydrogen-bond donors (Lipinski definition) is 11. The van der Waals surface area contributed by atoms with Crippen LogP contribution in [0.25, 0.3) is 0 Å². The van der Waals surface area contributed by atoms with Crippen molar-refractivity contribution in [2.24, 2.45) is 50.2 Å². The summed E-state index contributed by atoms with van der Waals surface area (Å²) in [5, 5.41) is 119. The number of allylic oxidation sites excluding steroid dienone is 2. The lowest BCUT2D eigenvalue weighted by atomic mass is 9.33. The zero-order chi connectivity index (χ0) is 48.7. The van der Waals surface area contributed by atoms with Gasteiger partial charge in [-0.2, -0.15) is 0 Å². The molecule has 4 heterocycles. The fraction of sp³-hybridized carbons (Fsp3) is 0.915. The van der Waals surface area contributed by atoms with Crippen molar-refractivity contribution in [3.05, 3.63) is 11.6 Å². The summed E-state index contributed by atoms with van der Waals surface area (Å²) in [5.41, 5.74) is -4.20. The number of esters is 2. The van der Waals surface area contributed by atoms with Crippen molar-refractivity contribution < 1.29 is 98.9 Å². The van der Waals surface area contributed by atoms with Gasteiger partial charge in [0.05, 0.1) is 32.0 Å². The van der Waals surface area contributed by atoms with Gasteiger partial charge in [-0.05, 0) is 97.7 Å². The normalized spacial score (nSPS) is 55.8. The Morgan fingerprint density at radius 1 is 0.761 bits per heavy atom. The maximum Gasteiger partial charge on any atom is 0.317 e. The second-order valence-electron chi connectivity index (χ2n) is 23.0. The third-order valence-electron chi connectivity index (χ3n) is 19.2. The number of carbonyl (C=O) groups excluding carboxylic acids is 2. The number of rotatable bonds is 8. The maximum atomic E-state index is 15.1. The maximum absolute atomic E-state index is 15.1. The lowest BCUT2D eigenvalue weighted by molar-refractivity contribution is -0.350. The van der Waals surface area contributed by atoms with Crippen molar-refractivity contribution in [3.8, 4) is 0 Å². The van der Waals surface area contributed by atoms with Gasteiger partial charge in [0.15, 0.2) is 18.7 Å². The number of aliphatic hydroxyl groups is 11.